The van der Waals surface area contributed by atoms with Crippen molar-refractivity contribution < 1.29 is 19.5 Å². The van der Waals surface area contributed by atoms with Gasteiger partial charge in [0.1, 0.15) is 6.54 Å². The predicted molar refractivity (Wildman–Crippen MR) is 120 cm³/mol. The normalized spacial score (nSPS) is 13.0. The maximum Gasteiger partial charge on any atom is 0.305 e. The van der Waals surface area contributed by atoms with Crippen LogP contribution in [0.15, 0.2) is 47.5 Å². The van der Waals surface area contributed by atoms with E-state index in [2.05, 4.69) is 16.8 Å². The minimum Gasteiger partial charge on any atom is -0.481 e. The highest BCUT2D eigenvalue weighted by Crippen LogP contribution is 2.26. The average molecular weight is 433 g/mol. The van der Waals surface area contributed by atoms with Crippen LogP contribution in [-0.2, 0) is 16.1 Å². The van der Waals surface area contributed by atoms with Crippen LogP contribution in [0.3, 0.4) is 0 Å². The Morgan fingerprint density at radius 2 is 1.75 bits per heavy atom. The number of aliphatic carboxylic acids is 1. The molecular formula is C23H23N5O4. The molecule has 3 rings (SSSR count). The number of hydrogen-bond donors (Lipinski definition) is 3. The standard InChI is InChI=1S/C23H23N5O4/c1-27-19-9-8-16(5-2-15-3-6-17(7-4-15)13-26-23(24)25)12-18(19)22(32)28(14-20(27)29)11-10-21(30)31/h3-4,6-9,12H,10-11,13-14H2,1H3,(H,30,31)(H4,24,25,26). The van der Waals surface area contributed by atoms with Gasteiger partial charge >= 0.3 is 5.97 Å². The number of rotatable bonds is 5. The Morgan fingerprint density at radius 1 is 1.09 bits per heavy atom. The van der Waals surface area contributed by atoms with Crippen molar-refractivity contribution in [2.24, 2.45) is 16.5 Å². The molecule has 1 aliphatic heterocycles. The number of aliphatic imine (C=N–C) groups is 1. The summed E-state index contributed by atoms with van der Waals surface area (Å²) in [6.45, 7) is 0.160. The third-order valence-electron chi connectivity index (χ3n) is 4.92. The summed E-state index contributed by atoms with van der Waals surface area (Å²) in [7, 11) is 1.59. The van der Waals surface area contributed by atoms with E-state index in [1.54, 1.807) is 25.2 Å². The van der Waals surface area contributed by atoms with Crippen LogP contribution < -0.4 is 16.4 Å². The van der Waals surface area contributed by atoms with Crippen LogP contribution in [0.5, 0.6) is 0 Å². The molecule has 0 aliphatic carbocycles. The summed E-state index contributed by atoms with van der Waals surface area (Å²) in [5.74, 6) is 4.38. The number of likely N-dealkylation sites (N-methyl/N-ethyl adjacent to an activating group) is 1. The second-order valence-corrected chi connectivity index (χ2v) is 7.24. The smallest absolute Gasteiger partial charge is 0.305 e. The van der Waals surface area contributed by atoms with Crippen molar-refractivity contribution in [3.63, 3.8) is 0 Å². The van der Waals surface area contributed by atoms with E-state index in [0.717, 1.165) is 11.1 Å². The van der Waals surface area contributed by atoms with Crippen LogP contribution in [-0.4, -0.2) is 53.9 Å². The molecule has 0 unspecified atom stereocenters. The molecule has 1 heterocycles. The highest BCUT2D eigenvalue weighted by molar-refractivity contribution is 6.09. The first-order valence-corrected chi connectivity index (χ1v) is 9.82. The van der Waals surface area contributed by atoms with Crippen molar-refractivity contribution in [3.8, 4) is 11.8 Å². The zero-order chi connectivity index (χ0) is 23.3. The molecule has 164 valence electrons. The fourth-order valence-corrected chi connectivity index (χ4v) is 3.16. The van der Waals surface area contributed by atoms with E-state index in [1.165, 1.54) is 9.80 Å². The van der Waals surface area contributed by atoms with Gasteiger partial charge in [-0.3, -0.25) is 14.4 Å². The lowest BCUT2D eigenvalue weighted by Gasteiger charge is -2.18. The van der Waals surface area contributed by atoms with Gasteiger partial charge in [-0.15, -0.1) is 0 Å². The first kappa shape index (κ1) is 22.4. The Balaban J connectivity index is 1.85. The maximum atomic E-state index is 13.0. The highest BCUT2D eigenvalue weighted by atomic mass is 16.4. The summed E-state index contributed by atoms with van der Waals surface area (Å²) in [4.78, 5) is 42.9. The van der Waals surface area contributed by atoms with Crippen LogP contribution in [0.4, 0.5) is 5.69 Å². The zero-order valence-electron chi connectivity index (χ0n) is 17.5. The minimum atomic E-state index is -1.04. The van der Waals surface area contributed by atoms with Gasteiger partial charge in [0.15, 0.2) is 5.96 Å². The molecule has 0 bridgehead atoms. The fourth-order valence-electron chi connectivity index (χ4n) is 3.16. The Hall–Kier alpha value is -4.32. The number of carbonyl (C=O) groups is 3. The molecule has 9 nitrogen and oxygen atoms in total. The Bertz CT molecular complexity index is 1140. The highest BCUT2D eigenvalue weighted by Gasteiger charge is 2.30. The molecular weight excluding hydrogens is 410 g/mol. The van der Waals surface area contributed by atoms with Crippen molar-refractivity contribution in [1.82, 2.24) is 4.90 Å². The van der Waals surface area contributed by atoms with Crippen molar-refractivity contribution >= 4 is 29.4 Å². The molecule has 1 aliphatic rings. The molecule has 0 spiro atoms. The molecule has 5 N–H and O–H groups in total. The molecule has 0 saturated heterocycles. The maximum absolute atomic E-state index is 13.0. The van der Waals surface area contributed by atoms with Gasteiger partial charge in [-0.25, -0.2) is 4.99 Å². The molecule has 2 aromatic carbocycles. The topological polar surface area (TPSA) is 142 Å². The number of carboxylic acid groups (broad SMARTS) is 1. The first-order valence-electron chi connectivity index (χ1n) is 9.82. The van der Waals surface area contributed by atoms with Crippen molar-refractivity contribution in [2.75, 3.05) is 25.0 Å². The molecule has 0 aromatic heterocycles. The van der Waals surface area contributed by atoms with Gasteiger partial charge in [0, 0.05) is 24.7 Å². The van der Waals surface area contributed by atoms with Gasteiger partial charge < -0.3 is 26.4 Å². The lowest BCUT2D eigenvalue weighted by molar-refractivity contribution is -0.137. The SMILES string of the molecule is CN1C(=O)CN(CCC(=O)O)C(=O)c2cc(C#Cc3ccc(CN=C(N)N)cc3)ccc21. The minimum absolute atomic E-state index is 0.0282. The number of fused-ring (bicyclic) bond motifs is 1. The van der Waals surface area contributed by atoms with Crippen molar-refractivity contribution in [2.45, 2.75) is 13.0 Å². The predicted octanol–water partition coefficient (Wildman–Crippen LogP) is 0.753. The monoisotopic (exact) mass is 433 g/mol. The van der Waals surface area contributed by atoms with E-state index in [9.17, 15) is 14.4 Å². The number of nitrogens with two attached hydrogens (primary N) is 2. The summed E-state index contributed by atoms with van der Waals surface area (Å²) in [5.41, 5.74) is 13.8. The number of nitrogens with zero attached hydrogens (tertiary/aromatic N) is 3. The van der Waals surface area contributed by atoms with E-state index >= 15 is 0 Å². The zero-order valence-corrected chi connectivity index (χ0v) is 17.5. The Labute approximate surface area is 185 Å². The summed E-state index contributed by atoms with van der Waals surface area (Å²) in [6, 6.07) is 12.5. The summed E-state index contributed by atoms with van der Waals surface area (Å²) in [5, 5.41) is 8.94. The van der Waals surface area contributed by atoms with Crippen molar-refractivity contribution in [3.05, 3.63) is 64.7 Å². The van der Waals surface area contributed by atoms with Gasteiger partial charge in [0.05, 0.1) is 24.2 Å². The number of benzene rings is 2. The summed E-state index contributed by atoms with van der Waals surface area (Å²) >= 11 is 0. The van der Waals surface area contributed by atoms with Gasteiger partial charge in [0.2, 0.25) is 5.91 Å². The van der Waals surface area contributed by atoms with E-state index in [-0.39, 0.29) is 31.4 Å². The van der Waals surface area contributed by atoms with Crippen LogP contribution >= 0.6 is 0 Å². The van der Waals surface area contributed by atoms with E-state index in [4.69, 9.17) is 16.6 Å². The molecule has 0 radical (unpaired) electrons. The average Bonchev–Trinajstić information content (AvgIpc) is 2.86. The third-order valence-corrected chi connectivity index (χ3v) is 4.92. The van der Waals surface area contributed by atoms with Gasteiger partial charge in [-0.05, 0) is 35.9 Å². The van der Waals surface area contributed by atoms with Crippen LogP contribution in [0, 0.1) is 11.8 Å². The number of guanidine groups is 1. The third kappa shape index (κ3) is 5.43. The number of amides is 2. The molecule has 0 saturated carbocycles. The van der Waals surface area contributed by atoms with Crippen LogP contribution in [0.2, 0.25) is 0 Å². The number of carboxylic acids is 1. The molecule has 0 fully saturated rings. The number of carbonyl (C=O) groups excluding carboxylic acids is 2. The second kappa shape index (κ2) is 9.66. The number of anilines is 1. The van der Waals surface area contributed by atoms with Crippen LogP contribution in [0.25, 0.3) is 0 Å². The largest absolute Gasteiger partial charge is 0.481 e. The van der Waals surface area contributed by atoms with Gasteiger partial charge in [0.25, 0.3) is 5.91 Å². The molecule has 0 atom stereocenters. The Morgan fingerprint density at radius 3 is 2.41 bits per heavy atom. The van der Waals surface area contributed by atoms with Crippen molar-refractivity contribution in [1.29, 1.82) is 0 Å². The lowest BCUT2D eigenvalue weighted by atomic mass is 10.1. The van der Waals surface area contributed by atoms with Gasteiger partial charge in [-0.1, -0.05) is 24.0 Å². The summed E-state index contributed by atoms with van der Waals surface area (Å²) < 4.78 is 0. The van der Waals surface area contributed by atoms with E-state index in [0.29, 0.717) is 23.4 Å². The number of hydrogen-bond acceptors (Lipinski definition) is 4. The second-order valence-electron chi connectivity index (χ2n) is 7.24. The quantitative estimate of drug-likeness (QED) is 0.361. The molecule has 2 aromatic rings. The summed E-state index contributed by atoms with van der Waals surface area (Å²) in [6.07, 6.45) is -0.239. The lowest BCUT2D eigenvalue weighted by Crippen LogP contribution is -2.38. The first-order chi connectivity index (χ1) is 15.2. The van der Waals surface area contributed by atoms with E-state index < -0.39 is 11.9 Å². The molecule has 9 heteroatoms. The van der Waals surface area contributed by atoms with Crippen LogP contribution in [0.1, 0.15) is 33.5 Å². The Kier molecular flexibility index (Phi) is 6.75. The molecule has 32 heavy (non-hydrogen) atoms. The van der Waals surface area contributed by atoms with E-state index in [1.807, 2.05) is 24.3 Å². The fraction of sp³-hybridized carbons (Fsp3) is 0.217. The molecule has 2 amide bonds. The van der Waals surface area contributed by atoms with Gasteiger partial charge in [-0.2, -0.15) is 0 Å².